The maximum absolute atomic E-state index is 11.8. The number of carbonyl (C=O) groups is 1. The van der Waals surface area contributed by atoms with Crippen LogP contribution in [0, 0.1) is 6.92 Å². The van der Waals surface area contributed by atoms with Crippen molar-refractivity contribution in [2.75, 3.05) is 0 Å². The molecule has 0 heterocycles. The molecule has 0 radical (unpaired) electrons. The van der Waals surface area contributed by atoms with Gasteiger partial charge in [-0.15, -0.1) is 0 Å². The number of hydrogen-bond donors (Lipinski definition) is 2. The molecule has 0 aromatic heterocycles. The Morgan fingerprint density at radius 3 is 2.20 bits per heavy atom. The zero-order valence-electron chi connectivity index (χ0n) is 12.8. The van der Waals surface area contributed by atoms with Crippen LogP contribution in [0.25, 0.3) is 0 Å². The van der Waals surface area contributed by atoms with Gasteiger partial charge in [-0.25, -0.2) is 0 Å². The van der Waals surface area contributed by atoms with Crippen molar-refractivity contribution in [3.05, 3.63) is 28.8 Å². The fourth-order valence-corrected chi connectivity index (χ4v) is 3.39. The smallest absolute Gasteiger partial charge is 0.314 e. The summed E-state index contributed by atoms with van der Waals surface area (Å²) in [6.45, 7) is 8.09. The molecule has 3 nitrogen and oxygen atoms in total. The lowest BCUT2D eigenvalue weighted by Gasteiger charge is -2.29. The van der Waals surface area contributed by atoms with Crippen LogP contribution in [-0.4, -0.2) is 16.2 Å². The van der Waals surface area contributed by atoms with Gasteiger partial charge in [-0.05, 0) is 47.9 Å². The molecule has 0 amide bonds. The minimum atomic E-state index is -0.808. The number of aryl methyl sites for hydroxylation is 1. The molecule has 1 saturated carbocycles. The van der Waals surface area contributed by atoms with E-state index >= 15 is 0 Å². The summed E-state index contributed by atoms with van der Waals surface area (Å²) in [7, 11) is 0. The molecule has 20 heavy (non-hydrogen) atoms. The van der Waals surface area contributed by atoms with Crippen molar-refractivity contribution < 1.29 is 15.0 Å². The van der Waals surface area contributed by atoms with Crippen LogP contribution in [0.4, 0.5) is 0 Å². The molecule has 0 saturated heterocycles. The van der Waals surface area contributed by atoms with Gasteiger partial charge in [0.2, 0.25) is 0 Å². The van der Waals surface area contributed by atoms with Crippen molar-refractivity contribution >= 4 is 5.97 Å². The van der Waals surface area contributed by atoms with E-state index in [9.17, 15) is 15.0 Å². The first kappa shape index (κ1) is 14.9. The highest BCUT2D eigenvalue weighted by atomic mass is 16.4. The van der Waals surface area contributed by atoms with Crippen LogP contribution in [0.3, 0.4) is 0 Å². The largest absolute Gasteiger partial charge is 0.508 e. The van der Waals surface area contributed by atoms with Crippen molar-refractivity contribution in [1.29, 1.82) is 0 Å². The molecule has 3 heteroatoms. The standard InChI is InChI=1S/C17H24O3/c1-11-9-13(16(2,3)4)14(18)10-12(11)17(15(19)20)7-5-6-8-17/h9-10,18H,5-8H2,1-4H3,(H,19,20). The number of phenolic OH excluding ortho intramolecular Hbond substituents is 1. The molecule has 2 N–H and O–H groups in total. The Morgan fingerprint density at radius 1 is 1.20 bits per heavy atom. The molecule has 1 aromatic rings. The summed E-state index contributed by atoms with van der Waals surface area (Å²) in [5.41, 5.74) is 1.67. The number of hydrogen-bond acceptors (Lipinski definition) is 2. The van der Waals surface area contributed by atoms with Gasteiger partial charge in [0.15, 0.2) is 0 Å². The first-order valence-corrected chi connectivity index (χ1v) is 7.26. The molecule has 0 unspecified atom stereocenters. The van der Waals surface area contributed by atoms with E-state index in [1.54, 1.807) is 6.07 Å². The minimum Gasteiger partial charge on any atom is -0.508 e. The van der Waals surface area contributed by atoms with Crippen molar-refractivity contribution in [1.82, 2.24) is 0 Å². The average Bonchev–Trinajstić information content (AvgIpc) is 2.80. The summed E-state index contributed by atoms with van der Waals surface area (Å²) in [6.07, 6.45) is 3.20. The predicted octanol–water partition coefficient (Wildman–Crippen LogP) is 3.89. The van der Waals surface area contributed by atoms with Crippen molar-refractivity contribution in [2.24, 2.45) is 0 Å². The van der Waals surface area contributed by atoms with Gasteiger partial charge in [0, 0.05) is 0 Å². The fourth-order valence-electron chi connectivity index (χ4n) is 3.39. The molecule has 1 aliphatic rings. The van der Waals surface area contributed by atoms with E-state index in [-0.39, 0.29) is 11.2 Å². The second-order valence-electron chi connectivity index (χ2n) is 7.03. The minimum absolute atomic E-state index is 0.153. The lowest BCUT2D eigenvalue weighted by atomic mass is 9.74. The van der Waals surface area contributed by atoms with E-state index in [0.717, 1.165) is 29.5 Å². The second kappa shape index (κ2) is 4.80. The molecule has 110 valence electrons. The number of carboxylic acids is 1. The van der Waals surface area contributed by atoms with Gasteiger partial charge in [-0.2, -0.15) is 0 Å². The monoisotopic (exact) mass is 276 g/mol. The highest BCUT2D eigenvalue weighted by Crippen LogP contribution is 2.45. The van der Waals surface area contributed by atoms with E-state index < -0.39 is 11.4 Å². The Kier molecular flexibility index (Phi) is 3.57. The second-order valence-corrected chi connectivity index (χ2v) is 7.03. The Bertz CT molecular complexity index is 532. The van der Waals surface area contributed by atoms with Crippen LogP contribution in [0.2, 0.25) is 0 Å². The summed E-state index contributed by atoms with van der Waals surface area (Å²) in [5, 5.41) is 20.0. The summed E-state index contributed by atoms with van der Waals surface area (Å²) in [5.74, 6) is -0.549. The summed E-state index contributed by atoms with van der Waals surface area (Å²) in [6, 6.07) is 3.64. The molecule has 1 fully saturated rings. The normalized spacial score (nSPS) is 18.2. The van der Waals surface area contributed by atoms with E-state index in [4.69, 9.17) is 0 Å². The molecule has 2 rings (SSSR count). The lowest BCUT2D eigenvalue weighted by Crippen LogP contribution is -2.33. The SMILES string of the molecule is Cc1cc(C(C)(C)C)c(O)cc1C1(C(=O)O)CCCC1. The Hall–Kier alpha value is -1.51. The van der Waals surface area contributed by atoms with Crippen LogP contribution >= 0.6 is 0 Å². The molecular formula is C17H24O3. The summed E-state index contributed by atoms with van der Waals surface area (Å²) >= 11 is 0. The first-order valence-electron chi connectivity index (χ1n) is 7.26. The molecule has 1 aliphatic carbocycles. The summed E-state index contributed by atoms with van der Waals surface area (Å²) < 4.78 is 0. The third kappa shape index (κ3) is 2.30. The van der Waals surface area contributed by atoms with Crippen LogP contribution in [-0.2, 0) is 15.6 Å². The molecule has 0 bridgehead atoms. The number of rotatable bonds is 2. The Labute approximate surface area is 120 Å². The fraction of sp³-hybridized carbons (Fsp3) is 0.588. The molecule has 0 aliphatic heterocycles. The van der Waals surface area contributed by atoms with Gasteiger partial charge in [-0.1, -0.05) is 39.7 Å². The lowest BCUT2D eigenvalue weighted by molar-refractivity contribution is -0.143. The van der Waals surface area contributed by atoms with Crippen molar-refractivity contribution in [3.63, 3.8) is 0 Å². The van der Waals surface area contributed by atoms with Gasteiger partial charge in [0.1, 0.15) is 5.75 Å². The number of carboxylic acid groups (broad SMARTS) is 1. The first-order chi connectivity index (χ1) is 9.18. The summed E-state index contributed by atoms with van der Waals surface area (Å²) in [4.78, 5) is 11.8. The number of aromatic hydroxyl groups is 1. The molecular weight excluding hydrogens is 252 g/mol. The predicted molar refractivity (Wildman–Crippen MR) is 79.3 cm³/mol. The van der Waals surface area contributed by atoms with Crippen molar-refractivity contribution in [2.45, 2.75) is 64.2 Å². The van der Waals surface area contributed by atoms with Crippen LogP contribution < -0.4 is 0 Å². The van der Waals surface area contributed by atoms with Gasteiger partial charge in [0.05, 0.1) is 5.41 Å². The van der Waals surface area contributed by atoms with Gasteiger partial charge >= 0.3 is 5.97 Å². The van der Waals surface area contributed by atoms with E-state index in [1.165, 1.54) is 0 Å². The average molecular weight is 276 g/mol. The highest BCUT2D eigenvalue weighted by Gasteiger charge is 2.44. The molecule has 1 aromatic carbocycles. The maximum Gasteiger partial charge on any atom is 0.314 e. The Morgan fingerprint density at radius 2 is 1.75 bits per heavy atom. The number of phenols is 1. The third-order valence-corrected chi connectivity index (χ3v) is 4.53. The van der Waals surface area contributed by atoms with Gasteiger partial charge in [0.25, 0.3) is 0 Å². The highest BCUT2D eigenvalue weighted by molar-refractivity contribution is 5.82. The third-order valence-electron chi connectivity index (χ3n) is 4.53. The molecule has 0 spiro atoms. The quantitative estimate of drug-likeness (QED) is 0.861. The van der Waals surface area contributed by atoms with Crippen LogP contribution in [0.15, 0.2) is 12.1 Å². The molecule has 0 atom stereocenters. The maximum atomic E-state index is 11.8. The Balaban J connectivity index is 2.59. The van der Waals surface area contributed by atoms with Crippen LogP contribution in [0.5, 0.6) is 5.75 Å². The van der Waals surface area contributed by atoms with E-state index in [2.05, 4.69) is 0 Å². The van der Waals surface area contributed by atoms with Crippen LogP contribution in [0.1, 0.15) is 63.1 Å². The van der Waals surface area contributed by atoms with Crippen molar-refractivity contribution in [3.8, 4) is 5.75 Å². The zero-order valence-corrected chi connectivity index (χ0v) is 12.8. The zero-order chi connectivity index (χ0) is 15.1. The number of benzene rings is 1. The topological polar surface area (TPSA) is 57.5 Å². The van der Waals surface area contributed by atoms with E-state index in [0.29, 0.717) is 12.8 Å². The van der Waals surface area contributed by atoms with Gasteiger partial charge in [-0.3, -0.25) is 4.79 Å². The van der Waals surface area contributed by atoms with E-state index in [1.807, 2.05) is 33.8 Å². The van der Waals surface area contributed by atoms with Gasteiger partial charge < -0.3 is 10.2 Å². The number of aliphatic carboxylic acids is 1.